The molecule has 5 aliphatic rings. The summed E-state index contributed by atoms with van der Waals surface area (Å²) in [6.07, 6.45) is 24.5. The third-order valence-corrected chi connectivity index (χ3v) is 12.7. The molecule has 210 valence electrons. The number of esters is 1. The number of rotatable bonds is 8. The van der Waals surface area contributed by atoms with Gasteiger partial charge in [0.2, 0.25) is 0 Å². The highest BCUT2D eigenvalue weighted by molar-refractivity contribution is 5.70. The first-order valence-corrected chi connectivity index (χ1v) is 16.6. The van der Waals surface area contributed by atoms with Crippen LogP contribution in [-0.4, -0.2) is 12.1 Å². The number of carbonyl (C=O) groups excluding carboxylic acids is 1. The summed E-state index contributed by atoms with van der Waals surface area (Å²) < 4.78 is 6.12. The second-order valence-corrected chi connectivity index (χ2v) is 15.4. The molecule has 37 heavy (non-hydrogen) atoms. The van der Waals surface area contributed by atoms with Crippen molar-refractivity contribution in [1.29, 1.82) is 0 Å². The van der Waals surface area contributed by atoms with E-state index >= 15 is 0 Å². The molecule has 0 aromatic heterocycles. The molecule has 0 bridgehead atoms. The van der Waals surface area contributed by atoms with Crippen LogP contribution in [0.15, 0.2) is 11.6 Å². The molecule has 0 aromatic carbocycles. The number of hydrogen-bond acceptors (Lipinski definition) is 2. The van der Waals surface area contributed by atoms with Crippen molar-refractivity contribution in [2.45, 2.75) is 150 Å². The van der Waals surface area contributed by atoms with Gasteiger partial charge in [-0.25, -0.2) is 0 Å². The molecular weight excluding hydrogens is 452 g/mol. The molecule has 0 aromatic rings. The fraction of sp³-hybridized carbons (Fsp3) is 0.914. The Morgan fingerprint density at radius 3 is 2.49 bits per heavy atom. The van der Waals surface area contributed by atoms with E-state index in [1.54, 1.807) is 5.57 Å². The minimum absolute atomic E-state index is 0.0859. The monoisotopic (exact) mass is 510 g/mol. The maximum absolute atomic E-state index is 12.8. The van der Waals surface area contributed by atoms with Gasteiger partial charge < -0.3 is 4.74 Å². The number of fused-ring (bicyclic) bond motifs is 5. The molecule has 0 aliphatic heterocycles. The van der Waals surface area contributed by atoms with E-state index in [9.17, 15) is 4.79 Å². The van der Waals surface area contributed by atoms with Crippen LogP contribution in [0.4, 0.5) is 0 Å². The molecule has 0 heterocycles. The molecule has 0 N–H and O–H groups in total. The summed E-state index contributed by atoms with van der Waals surface area (Å²) in [6.45, 7) is 12.6. The fourth-order valence-corrected chi connectivity index (χ4v) is 10.6. The van der Waals surface area contributed by atoms with E-state index in [0.717, 1.165) is 48.3 Å². The van der Waals surface area contributed by atoms with Gasteiger partial charge in [0.25, 0.3) is 0 Å². The minimum Gasteiger partial charge on any atom is -0.462 e. The van der Waals surface area contributed by atoms with Gasteiger partial charge in [-0.1, -0.05) is 84.8 Å². The Hall–Kier alpha value is -0.790. The van der Waals surface area contributed by atoms with Crippen molar-refractivity contribution in [2.24, 2.45) is 52.3 Å². The first-order chi connectivity index (χ1) is 17.7. The smallest absolute Gasteiger partial charge is 0.306 e. The lowest BCUT2D eigenvalue weighted by Crippen LogP contribution is -2.51. The number of carbonyl (C=O) groups is 1. The van der Waals surface area contributed by atoms with Gasteiger partial charge in [0.1, 0.15) is 6.10 Å². The molecular formula is C35H58O2. The van der Waals surface area contributed by atoms with Gasteiger partial charge in [0.05, 0.1) is 0 Å². The molecule has 0 saturated heterocycles. The molecule has 4 fully saturated rings. The van der Waals surface area contributed by atoms with Crippen molar-refractivity contribution in [3.8, 4) is 0 Å². The van der Waals surface area contributed by atoms with Crippen LogP contribution in [0.25, 0.3) is 0 Å². The van der Waals surface area contributed by atoms with Crippen molar-refractivity contribution in [3.05, 3.63) is 11.6 Å². The molecule has 2 heteroatoms. The van der Waals surface area contributed by atoms with Crippen molar-refractivity contribution in [2.75, 3.05) is 0 Å². The average molecular weight is 511 g/mol. The number of hydrogen-bond donors (Lipinski definition) is 0. The van der Waals surface area contributed by atoms with Crippen molar-refractivity contribution in [1.82, 2.24) is 0 Å². The van der Waals surface area contributed by atoms with E-state index < -0.39 is 0 Å². The maximum atomic E-state index is 12.8. The lowest BCUT2D eigenvalue weighted by Gasteiger charge is -2.58. The Labute approximate surface area is 229 Å². The van der Waals surface area contributed by atoms with Gasteiger partial charge in [0.15, 0.2) is 0 Å². The van der Waals surface area contributed by atoms with Gasteiger partial charge in [-0.15, -0.1) is 0 Å². The third-order valence-electron chi connectivity index (χ3n) is 12.7. The van der Waals surface area contributed by atoms with Crippen LogP contribution < -0.4 is 0 Å². The highest BCUT2D eigenvalue weighted by Crippen LogP contribution is 2.67. The van der Waals surface area contributed by atoms with Crippen molar-refractivity contribution >= 4 is 5.97 Å². The minimum atomic E-state index is 0.0859. The van der Waals surface area contributed by atoms with Gasteiger partial charge in [-0.05, 0) is 110 Å². The Kier molecular flexibility index (Phi) is 8.53. The highest BCUT2D eigenvalue weighted by Gasteiger charge is 2.59. The summed E-state index contributed by atoms with van der Waals surface area (Å²) in [6, 6.07) is 0. The van der Waals surface area contributed by atoms with E-state index in [4.69, 9.17) is 4.74 Å². The summed E-state index contributed by atoms with van der Waals surface area (Å²) in [5.41, 5.74) is 2.55. The van der Waals surface area contributed by atoms with Gasteiger partial charge in [-0.3, -0.25) is 4.79 Å². The summed E-state index contributed by atoms with van der Waals surface area (Å²) in [5, 5.41) is 0. The Balaban J connectivity index is 1.20. The predicted molar refractivity (Wildman–Crippen MR) is 154 cm³/mol. The van der Waals surface area contributed by atoms with Crippen molar-refractivity contribution in [3.63, 3.8) is 0 Å². The lowest BCUT2D eigenvalue weighted by atomic mass is 9.47. The normalized spacial score (nSPS) is 40.9. The zero-order chi connectivity index (χ0) is 26.2. The number of ether oxygens (including phenoxy) is 1. The number of allylic oxidation sites excluding steroid dienone is 1. The second-order valence-electron chi connectivity index (χ2n) is 15.4. The molecule has 5 rings (SSSR count). The average Bonchev–Trinajstić information content (AvgIpc) is 3.22. The fourth-order valence-electron chi connectivity index (χ4n) is 10.6. The molecule has 0 spiro atoms. The van der Waals surface area contributed by atoms with Crippen LogP contribution in [0.2, 0.25) is 0 Å². The predicted octanol–water partition coefficient (Wildman–Crippen LogP) is 9.91. The topological polar surface area (TPSA) is 26.3 Å². The first-order valence-electron chi connectivity index (χ1n) is 16.6. The van der Waals surface area contributed by atoms with Gasteiger partial charge in [-0.2, -0.15) is 0 Å². The zero-order valence-electron chi connectivity index (χ0n) is 25.0. The summed E-state index contributed by atoms with van der Waals surface area (Å²) in [7, 11) is 0. The van der Waals surface area contributed by atoms with Crippen LogP contribution in [-0.2, 0) is 9.53 Å². The Morgan fingerprint density at radius 2 is 1.73 bits per heavy atom. The van der Waals surface area contributed by atoms with Crippen LogP contribution in [0, 0.1) is 52.3 Å². The van der Waals surface area contributed by atoms with Crippen molar-refractivity contribution < 1.29 is 9.53 Å². The summed E-state index contributed by atoms with van der Waals surface area (Å²) >= 11 is 0. The SMILES string of the molecule is CC(C)CCC[C@@H](C)[C@H]1CC[C@H]2[C@H]3CC=C4C[C@@H](OC(=O)CC5CCCCC5)CC[C@]4(C)[C@@H]3CC[C@]12C. The molecule has 0 amide bonds. The Bertz CT molecular complexity index is 821. The molecule has 8 atom stereocenters. The maximum Gasteiger partial charge on any atom is 0.306 e. The van der Waals surface area contributed by atoms with Crippen LogP contribution in [0.5, 0.6) is 0 Å². The van der Waals surface area contributed by atoms with E-state index in [1.165, 1.54) is 89.9 Å². The van der Waals surface area contributed by atoms with E-state index in [2.05, 4.69) is 40.7 Å². The molecule has 5 aliphatic carbocycles. The van der Waals surface area contributed by atoms with Gasteiger partial charge >= 0.3 is 5.97 Å². The molecule has 0 unspecified atom stereocenters. The van der Waals surface area contributed by atoms with E-state index in [-0.39, 0.29) is 12.1 Å². The first kappa shape index (κ1) is 27.8. The van der Waals surface area contributed by atoms with Crippen LogP contribution in [0.1, 0.15) is 144 Å². The van der Waals surface area contributed by atoms with Gasteiger partial charge in [0, 0.05) is 12.8 Å². The molecule has 0 radical (unpaired) electrons. The van der Waals surface area contributed by atoms with E-state index in [0.29, 0.717) is 23.2 Å². The third kappa shape index (κ3) is 5.61. The quantitative estimate of drug-likeness (QED) is 0.240. The zero-order valence-corrected chi connectivity index (χ0v) is 25.0. The van der Waals surface area contributed by atoms with Crippen LogP contribution in [0.3, 0.4) is 0 Å². The molecule has 2 nitrogen and oxygen atoms in total. The summed E-state index contributed by atoms with van der Waals surface area (Å²) in [4.78, 5) is 12.8. The standard InChI is InChI=1S/C35H58O2/c1-24(2)10-9-11-25(3)30-16-17-31-29-15-14-27-23-28(37-33(36)22-26-12-7-6-8-13-26)18-20-34(27,4)32(29)19-21-35(30,31)5/h14,24-26,28-32H,6-13,15-23H2,1-5H3/t25-,28+,29-,30-,31+,32-,34+,35-/m1/s1. The molecule has 4 saturated carbocycles. The van der Waals surface area contributed by atoms with Crippen LogP contribution >= 0.6 is 0 Å². The van der Waals surface area contributed by atoms with E-state index in [1.807, 2.05) is 0 Å². The largest absolute Gasteiger partial charge is 0.462 e. The Morgan fingerprint density at radius 1 is 0.946 bits per heavy atom. The lowest BCUT2D eigenvalue weighted by molar-refractivity contribution is -0.153. The second kappa shape index (κ2) is 11.4. The summed E-state index contributed by atoms with van der Waals surface area (Å²) in [5.74, 6) is 5.97. The highest BCUT2D eigenvalue weighted by atomic mass is 16.5.